The molecular weight excluding hydrogens is 427 g/mol. The molecule has 0 aromatic heterocycles. The van der Waals surface area contributed by atoms with Crippen LogP contribution >= 0.6 is 0 Å². The Labute approximate surface area is 165 Å². The van der Waals surface area contributed by atoms with Crippen LogP contribution in [-0.4, -0.2) is 20.0 Å². The Morgan fingerprint density at radius 1 is 0.520 bits per heavy atom. The molecule has 124 valence electrons. The van der Waals surface area contributed by atoms with E-state index >= 15 is 0 Å². The predicted molar refractivity (Wildman–Crippen MR) is 81.5 cm³/mol. The van der Waals surface area contributed by atoms with Gasteiger partial charge in [-0.2, -0.15) is 0 Å². The zero-order valence-corrected chi connectivity index (χ0v) is 15.6. The molecule has 0 heterocycles. The van der Waals surface area contributed by atoms with Gasteiger partial charge in [0.1, 0.15) is 0 Å². The van der Waals surface area contributed by atoms with Crippen LogP contribution in [0.3, 0.4) is 0 Å². The number of rotatable bonds is 2. The molecule has 7 heteroatoms. The molecule has 2 aromatic carbocycles. The van der Waals surface area contributed by atoms with Crippen LogP contribution in [0.5, 0.6) is 0 Å². The van der Waals surface area contributed by atoms with Crippen LogP contribution in [0.2, 0.25) is 0 Å². The van der Waals surface area contributed by atoms with Crippen molar-refractivity contribution in [1.82, 2.24) is 0 Å². The summed E-state index contributed by atoms with van der Waals surface area (Å²) >= 11 is 3.13. The van der Waals surface area contributed by atoms with Crippen LogP contribution in [0.15, 0.2) is 60.7 Å². The van der Waals surface area contributed by atoms with E-state index in [9.17, 15) is 0 Å². The third kappa shape index (κ3) is 18.2. The standard InChI is InChI=1S/C13H10Se.5CO.Cr/c14-13(11-7-3-1-4-8-11)12-9-5-2-6-10-12;5*1-2;/h1-10H;;;;;;. The van der Waals surface area contributed by atoms with E-state index in [2.05, 4.69) is 97.4 Å². The Morgan fingerprint density at radius 2 is 0.720 bits per heavy atom. The molecule has 2 aromatic rings. The number of benzene rings is 2. The van der Waals surface area contributed by atoms with E-state index in [1.54, 1.807) is 0 Å². The van der Waals surface area contributed by atoms with Crippen LogP contribution in [0.4, 0.5) is 0 Å². The van der Waals surface area contributed by atoms with Crippen molar-refractivity contribution < 1.29 is 40.6 Å². The Kier molecular flexibility index (Phi) is 46.3. The van der Waals surface area contributed by atoms with Crippen molar-refractivity contribution >= 4 is 20.0 Å². The van der Waals surface area contributed by atoms with Crippen molar-refractivity contribution in [3.05, 3.63) is 105 Å². The van der Waals surface area contributed by atoms with Gasteiger partial charge in [0.25, 0.3) is 0 Å². The van der Waals surface area contributed by atoms with Crippen molar-refractivity contribution in [3.63, 3.8) is 0 Å². The minimum absolute atomic E-state index is 0. The van der Waals surface area contributed by atoms with Gasteiger partial charge >= 0.3 is 148 Å². The van der Waals surface area contributed by atoms with Gasteiger partial charge in [-0.1, -0.05) is 0 Å². The molecule has 0 N–H and O–H groups in total. The molecule has 0 unspecified atom stereocenters. The summed E-state index contributed by atoms with van der Waals surface area (Å²) in [5.74, 6) is 0. The Balaban J connectivity index is -0.000000105. The summed E-state index contributed by atoms with van der Waals surface area (Å²) in [7, 11) is 0. The first-order valence-corrected chi connectivity index (χ1v) is 6.40. The van der Waals surface area contributed by atoms with Crippen LogP contribution < -0.4 is 0 Å². The van der Waals surface area contributed by atoms with E-state index in [-0.39, 0.29) is 17.4 Å². The fraction of sp³-hybridized carbons (Fsp3) is 0. The first-order chi connectivity index (χ1) is 11.9. The SMILES string of the molecule is [C-]#[O+].[C-]#[O+].[C-]#[O+].[C-]#[O+].[C-]#[O+].[Cr].[Se]=C(c1ccccc1)c1ccccc1. The van der Waals surface area contributed by atoms with E-state index in [0.29, 0.717) is 0 Å². The zero-order valence-electron chi connectivity index (χ0n) is 12.6. The molecule has 2 rings (SSSR count). The van der Waals surface area contributed by atoms with Gasteiger partial charge in [0, 0.05) is 17.4 Å². The monoisotopic (exact) mass is 438 g/mol. The number of hydrogen-bond acceptors (Lipinski definition) is 0. The Bertz CT molecular complexity index is 555. The summed E-state index contributed by atoms with van der Waals surface area (Å²) in [5.41, 5.74) is 2.47. The van der Waals surface area contributed by atoms with E-state index < -0.39 is 0 Å². The number of hydrogen-bond donors (Lipinski definition) is 0. The summed E-state index contributed by atoms with van der Waals surface area (Å²) in [4.78, 5) is 0. The third-order valence-electron chi connectivity index (χ3n) is 2.07. The normalized spacial score (nSPS) is 5.84. The molecule has 0 bridgehead atoms. The summed E-state index contributed by atoms with van der Waals surface area (Å²) in [6.07, 6.45) is 0. The third-order valence-corrected chi connectivity index (χ3v) is 3.06. The van der Waals surface area contributed by atoms with E-state index in [4.69, 9.17) is 23.3 Å². The van der Waals surface area contributed by atoms with Gasteiger partial charge in [-0.3, -0.25) is 0 Å². The van der Waals surface area contributed by atoms with E-state index in [1.807, 2.05) is 12.1 Å². The zero-order chi connectivity index (χ0) is 19.8. The molecule has 5 nitrogen and oxygen atoms in total. The van der Waals surface area contributed by atoms with Gasteiger partial charge in [-0.05, 0) is 0 Å². The molecule has 0 saturated heterocycles. The molecule has 0 aliphatic carbocycles. The van der Waals surface area contributed by atoms with E-state index in [1.165, 1.54) is 15.5 Å². The second-order valence-corrected chi connectivity index (χ2v) is 3.92. The van der Waals surface area contributed by atoms with Crippen LogP contribution in [0, 0.1) is 33.3 Å². The van der Waals surface area contributed by atoms with Gasteiger partial charge in [0.2, 0.25) is 0 Å². The molecule has 0 atom stereocenters. The van der Waals surface area contributed by atoms with Crippen molar-refractivity contribution in [3.8, 4) is 0 Å². The summed E-state index contributed by atoms with van der Waals surface area (Å²) in [6, 6.07) is 20.7. The fourth-order valence-corrected chi connectivity index (χ4v) is 1.92. The molecule has 0 fully saturated rings. The van der Waals surface area contributed by atoms with Crippen LogP contribution in [0.25, 0.3) is 0 Å². The molecule has 0 spiro atoms. The molecule has 0 aliphatic rings. The quantitative estimate of drug-likeness (QED) is 0.391. The van der Waals surface area contributed by atoms with Crippen molar-refractivity contribution in [2.75, 3.05) is 0 Å². The first kappa shape index (κ1) is 34.4. The average Bonchev–Trinajstić information content (AvgIpc) is 2.76. The fourth-order valence-electron chi connectivity index (χ4n) is 1.35. The maximum atomic E-state index is 7.50. The summed E-state index contributed by atoms with van der Waals surface area (Å²) in [6.45, 7) is 22.5. The van der Waals surface area contributed by atoms with Gasteiger partial charge in [-0.15, -0.1) is 0 Å². The van der Waals surface area contributed by atoms with Crippen molar-refractivity contribution in [1.29, 1.82) is 0 Å². The van der Waals surface area contributed by atoms with Crippen molar-refractivity contribution in [2.24, 2.45) is 0 Å². The molecule has 25 heavy (non-hydrogen) atoms. The summed E-state index contributed by atoms with van der Waals surface area (Å²) in [5, 5.41) is 0. The van der Waals surface area contributed by atoms with Crippen LogP contribution in [-0.2, 0) is 40.6 Å². The topological polar surface area (TPSA) is 99.5 Å². The second kappa shape index (κ2) is 33.6. The first-order valence-electron chi connectivity index (χ1n) is 5.55. The predicted octanol–water partition coefficient (Wildman–Crippen LogP) is 2.23. The Hall–Kier alpha value is -1.94. The molecule has 0 radical (unpaired) electrons. The molecule has 0 aliphatic heterocycles. The van der Waals surface area contributed by atoms with Gasteiger partial charge in [0.05, 0.1) is 0 Å². The maximum absolute atomic E-state index is 7.50. The minimum atomic E-state index is 0. The van der Waals surface area contributed by atoms with Gasteiger partial charge in [-0.25, -0.2) is 0 Å². The van der Waals surface area contributed by atoms with Gasteiger partial charge < -0.3 is 0 Å². The average molecular weight is 437 g/mol. The Morgan fingerprint density at radius 3 is 0.920 bits per heavy atom. The van der Waals surface area contributed by atoms with Crippen molar-refractivity contribution in [2.45, 2.75) is 0 Å². The van der Waals surface area contributed by atoms with Crippen LogP contribution in [0.1, 0.15) is 11.1 Å². The molecular formula is C18H10CrO5Se. The van der Waals surface area contributed by atoms with E-state index in [0.717, 1.165) is 0 Å². The molecule has 0 saturated carbocycles. The second-order valence-electron chi connectivity index (χ2n) is 3.06. The van der Waals surface area contributed by atoms with Gasteiger partial charge in [0.15, 0.2) is 0 Å². The molecule has 0 amide bonds. The summed E-state index contributed by atoms with van der Waals surface area (Å²) < 4.78 is 38.7.